The molecule has 0 unspecified atom stereocenters. The molecule has 96 valence electrons. The van der Waals surface area contributed by atoms with Crippen molar-refractivity contribution in [3.63, 3.8) is 0 Å². The molecular formula is C15H16N4. The van der Waals surface area contributed by atoms with E-state index in [0.29, 0.717) is 5.69 Å². The Balaban J connectivity index is 1.80. The van der Waals surface area contributed by atoms with Crippen LogP contribution in [0.15, 0.2) is 42.6 Å². The molecule has 0 saturated heterocycles. The number of aromatic nitrogens is 3. The van der Waals surface area contributed by atoms with Gasteiger partial charge in [-0.25, -0.2) is 9.50 Å². The zero-order valence-electron chi connectivity index (χ0n) is 10.9. The van der Waals surface area contributed by atoms with Gasteiger partial charge in [-0.1, -0.05) is 24.3 Å². The molecule has 2 heterocycles. The third kappa shape index (κ3) is 2.42. The summed E-state index contributed by atoms with van der Waals surface area (Å²) >= 11 is 0. The molecule has 0 aliphatic heterocycles. The van der Waals surface area contributed by atoms with Crippen LogP contribution in [0.2, 0.25) is 0 Å². The standard InChI is InChI=1S/C15H16N4/c1-11-4-2-3-5-12(11)6-7-14-17-15-10-13(16)8-9-19(15)18-14/h2-5,8-10H,6-7,16H2,1H3. The van der Waals surface area contributed by atoms with Crippen molar-refractivity contribution in [2.75, 3.05) is 5.73 Å². The molecule has 0 radical (unpaired) electrons. The van der Waals surface area contributed by atoms with E-state index in [1.807, 2.05) is 18.3 Å². The number of rotatable bonds is 3. The van der Waals surface area contributed by atoms with Crippen LogP contribution in [0.4, 0.5) is 5.69 Å². The van der Waals surface area contributed by atoms with Crippen LogP contribution in [0.5, 0.6) is 0 Å². The van der Waals surface area contributed by atoms with Crippen molar-refractivity contribution in [1.82, 2.24) is 14.6 Å². The third-order valence-corrected chi connectivity index (χ3v) is 3.28. The monoisotopic (exact) mass is 252 g/mol. The first-order valence-corrected chi connectivity index (χ1v) is 6.38. The van der Waals surface area contributed by atoms with Crippen molar-refractivity contribution < 1.29 is 0 Å². The molecular weight excluding hydrogens is 236 g/mol. The summed E-state index contributed by atoms with van der Waals surface area (Å²) < 4.78 is 1.77. The van der Waals surface area contributed by atoms with Gasteiger partial charge in [0.1, 0.15) is 0 Å². The van der Waals surface area contributed by atoms with Crippen LogP contribution in [0, 0.1) is 6.92 Å². The minimum Gasteiger partial charge on any atom is -0.399 e. The first-order valence-electron chi connectivity index (χ1n) is 6.38. The van der Waals surface area contributed by atoms with Gasteiger partial charge in [-0.05, 0) is 30.5 Å². The number of benzene rings is 1. The maximum atomic E-state index is 5.74. The molecule has 3 aromatic rings. The van der Waals surface area contributed by atoms with Gasteiger partial charge >= 0.3 is 0 Å². The second-order valence-corrected chi connectivity index (χ2v) is 4.72. The molecule has 0 amide bonds. The Bertz CT molecular complexity index is 715. The van der Waals surface area contributed by atoms with Crippen LogP contribution in [0.1, 0.15) is 17.0 Å². The number of nitrogens with two attached hydrogens (primary N) is 1. The van der Waals surface area contributed by atoms with Crippen molar-refractivity contribution in [1.29, 1.82) is 0 Å². The third-order valence-electron chi connectivity index (χ3n) is 3.28. The van der Waals surface area contributed by atoms with E-state index in [4.69, 9.17) is 5.73 Å². The Morgan fingerprint density at radius 3 is 2.84 bits per heavy atom. The molecule has 4 nitrogen and oxygen atoms in total. The maximum absolute atomic E-state index is 5.74. The number of aryl methyl sites for hydroxylation is 3. The van der Waals surface area contributed by atoms with Gasteiger partial charge in [-0.3, -0.25) is 0 Å². The number of hydrogen-bond donors (Lipinski definition) is 1. The van der Waals surface area contributed by atoms with Gasteiger partial charge in [0.05, 0.1) is 0 Å². The van der Waals surface area contributed by atoms with Gasteiger partial charge in [0.25, 0.3) is 0 Å². The Morgan fingerprint density at radius 1 is 1.16 bits per heavy atom. The lowest BCUT2D eigenvalue weighted by Crippen LogP contribution is -1.96. The Labute approximate surface area is 111 Å². The van der Waals surface area contributed by atoms with E-state index >= 15 is 0 Å². The average Bonchev–Trinajstić information content (AvgIpc) is 2.79. The van der Waals surface area contributed by atoms with Crippen LogP contribution in [0.3, 0.4) is 0 Å². The SMILES string of the molecule is Cc1ccccc1CCc1nc2cc(N)ccn2n1. The van der Waals surface area contributed by atoms with Gasteiger partial charge in [-0.2, -0.15) is 5.10 Å². The molecule has 1 aromatic carbocycles. The zero-order valence-corrected chi connectivity index (χ0v) is 10.9. The van der Waals surface area contributed by atoms with Crippen LogP contribution >= 0.6 is 0 Å². The van der Waals surface area contributed by atoms with E-state index in [9.17, 15) is 0 Å². The molecule has 0 saturated carbocycles. The lowest BCUT2D eigenvalue weighted by molar-refractivity contribution is 0.833. The summed E-state index contributed by atoms with van der Waals surface area (Å²) in [4.78, 5) is 4.49. The van der Waals surface area contributed by atoms with Crippen LogP contribution < -0.4 is 5.73 Å². The van der Waals surface area contributed by atoms with E-state index in [2.05, 4.69) is 41.3 Å². The zero-order chi connectivity index (χ0) is 13.2. The summed E-state index contributed by atoms with van der Waals surface area (Å²) in [6.07, 6.45) is 3.64. The fraction of sp³-hybridized carbons (Fsp3) is 0.200. The average molecular weight is 252 g/mol. The number of anilines is 1. The molecule has 3 rings (SSSR count). The smallest absolute Gasteiger partial charge is 0.157 e. The first-order chi connectivity index (χ1) is 9.22. The fourth-order valence-electron chi connectivity index (χ4n) is 2.19. The highest BCUT2D eigenvalue weighted by Gasteiger charge is 2.05. The molecule has 4 heteroatoms. The quantitative estimate of drug-likeness (QED) is 0.778. The summed E-state index contributed by atoms with van der Waals surface area (Å²) in [5, 5.41) is 4.45. The summed E-state index contributed by atoms with van der Waals surface area (Å²) in [5.41, 5.74) is 9.92. The molecule has 2 N–H and O–H groups in total. The summed E-state index contributed by atoms with van der Waals surface area (Å²) in [6.45, 7) is 2.13. The van der Waals surface area contributed by atoms with Crippen molar-refractivity contribution in [2.45, 2.75) is 19.8 Å². The lowest BCUT2D eigenvalue weighted by Gasteiger charge is -2.02. The van der Waals surface area contributed by atoms with Crippen molar-refractivity contribution in [2.24, 2.45) is 0 Å². The van der Waals surface area contributed by atoms with E-state index in [1.165, 1.54) is 11.1 Å². The second kappa shape index (κ2) is 4.72. The van der Waals surface area contributed by atoms with E-state index < -0.39 is 0 Å². The van der Waals surface area contributed by atoms with E-state index in [1.54, 1.807) is 4.52 Å². The molecule has 0 aliphatic carbocycles. The van der Waals surface area contributed by atoms with Gasteiger partial charge in [-0.15, -0.1) is 0 Å². The lowest BCUT2D eigenvalue weighted by atomic mass is 10.0. The van der Waals surface area contributed by atoms with Gasteiger partial charge in [0.2, 0.25) is 0 Å². The number of nitrogen functional groups attached to an aromatic ring is 1. The Kier molecular flexibility index (Phi) is 2.91. The summed E-state index contributed by atoms with van der Waals surface area (Å²) in [7, 11) is 0. The first kappa shape index (κ1) is 11.7. The second-order valence-electron chi connectivity index (χ2n) is 4.72. The number of pyridine rings is 1. The predicted octanol–water partition coefficient (Wildman–Crippen LogP) is 2.41. The highest BCUT2D eigenvalue weighted by Crippen LogP contribution is 2.11. The molecule has 0 fully saturated rings. The molecule has 0 atom stereocenters. The topological polar surface area (TPSA) is 56.2 Å². The fourth-order valence-corrected chi connectivity index (χ4v) is 2.19. The number of fused-ring (bicyclic) bond motifs is 1. The van der Waals surface area contributed by atoms with Gasteiger partial charge in [0.15, 0.2) is 11.5 Å². The van der Waals surface area contributed by atoms with Crippen LogP contribution in [0.25, 0.3) is 5.65 Å². The molecule has 2 aromatic heterocycles. The predicted molar refractivity (Wildman–Crippen MR) is 76.0 cm³/mol. The molecule has 0 bridgehead atoms. The van der Waals surface area contributed by atoms with E-state index in [0.717, 1.165) is 24.3 Å². The number of nitrogens with zero attached hydrogens (tertiary/aromatic N) is 3. The normalized spacial score (nSPS) is 11.0. The van der Waals surface area contributed by atoms with Crippen LogP contribution in [-0.4, -0.2) is 14.6 Å². The van der Waals surface area contributed by atoms with E-state index in [-0.39, 0.29) is 0 Å². The van der Waals surface area contributed by atoms with Crippen molar-refractivity contribution in [3.8, 4) is 0 Å². The Hall–Kier alpha value is -2.36. The highest BCUT2D eigenvalue weighted by atomic mass is 15.3. The molecule has 0 aliphatic rings. The summed E-state index contributed by atoms with van der Waals surface area (Å²) in [5.74, 6) is 0.855. The van der Waals surface area contributed by atoms with Crippen molar-refractivity contribution in [3.05, 3.63) is 59.5 Å². The van der Waals surface area contributed by atoms with Gasteiger partial charge in [0, 0.05) is 24.4 Å². The minimum atomic E-state index is 0.713. The molecule has 0 spiro atoms. The highest BCUT2D eigenvalue weighted by molar-refractivity contribution is 5.50. The van der Waals surface area contributed by atoms with Gasteiger partial charge < -0.3 is 5.73 Å². The van der Waals surface area contributed by atoms with Crippen LogP contribution in [-0.2, 0) is 12.8 Å². The molecule has 19 heavy (non-hydrogen) atoms. The Morgan fingerprint density at radius 2 is 2.00 bits per heavy atom. The summed E-state index contributed by atoms with van der Waals surface area (Å²) in [6, 6.07) is 12.1. The minimum absolute atomic E-state index is 0.713. The van der Waals surface area contributed by atoms with Crippen molar-refractivity contribution >= 4 is 11.3 Å². The maximum Gasteiger partial charge on any atom is 0.157 e. The number of hydrogen-bond acceptors (Lipinski definition) is 3. The largest absolute Gasteiger partial charge is 0.399 e.